The minimum absolute atomic E-state index is 0.166. The van der Waals surface area contributed by atoms with Gasteiger partial charge in [-0.15, -0.1) is 0 Å². The number of nitrogens with zero attached hydrogens (tertiary/aromatic N) is 1. The molecule has 0 aromatic heterocycles. The molecule has 1 spiro atoms. The third-order valence-corrected chi connectivity index (χ3v) is 6.73. The van der Waals surface area contributed by atoms with Gasteiger partial charge in [0.2, 0.25) is 29.0 Å². The molecular weight excluding hydrogens is 425 g/mol. The van der Waals surface area contributed by atoms with Crippen molar-refractivity contribution in [2.24, 2.45) is 11.8 Å². The van der Waals surface area contributed by atoms with Crippen molar-refractivity contribution in [1.82, 2.24) is 0 Å². The van der Waals surface area contributed by atoms with Crippen molar-refractivity contribution in [1.29, 1.82) is 0 Å². The first-order valence-electron chi connectivity index (χ1n) is 10.5. The average Bonchev–Trinajstić information content (AvgIpc) is 3.40. The number of fused-ring (bicyclic) bond motifs is 3. The number of amides is 2. The lowest BCUT2D eigenvalue weighted by atomic mass is 9.77. The van der Waals surface area contributed by atoms with E-state index in [2.05, 4.69) is 0 Å². The van der Waals surface area contributed by atoms with Gasteiger partial charge in [-0.1, -0.05) is 54.6 Å². The van der Waals surface area contributed by atoms with Gasteiger partial charge in [-0.2, -0.15) is 0 Å². The SMILES string of the molecule is O=C1[C@@H]2[C@@H](c3ccc(F)cc3)OC3(C(=O)c4ccccc4C3=O)[C@@H]2C(=O)N1c1ccccc1. The van der Waals surface area contributed by atoms with Gasteiger partial charge in [-0.25, -0.2) is 9.29 Å². The van der Waals surface area contributed by atoms with Crippen molar-refractivity contribution in [3.05, 3.63) is 101 Å². The molecule has 162 valence electrons. The number of carbonyl (C=O) groups excluding carboxylic acids is 4. The molecule has 0 bridgehead atoms. The molecule has 3 aliphatic rings. The summed E-state index contributed by atoms with van der Waals surface area (Å²) in [4.78, 5) is 55.5. The number of ketones is 2. The van der Waals surface area contributed by atoms with Crippen LogP contribution in [0, 0.1) is 17.7 Å². The Labute approximate surface area is 187 Å². The minimum atomic E-state index is -2.14. The van der Waals surface area contributed by atoms with Crippen molar-refractivity contribution in [2.45, 2.75) is 11.7 Å². The minimum Gasteiger partial charge on any atom is -0.349 e. The summed E-state index contributed by atoms with van der Waals surface area (Å²) in [6.45, 7) is 0. The number of para-hydroxylation sites is 1. The fourth-order valence-corrected chi connectivity index (χ4v) is 5.30. The molecule has 6 rings (SSSR count). The standard InChI is InChI=1S/C26H16FNO5/c27-15-12-10-14(11-13-15)21-19-20(25(32)28(24(19)31)16-6-2-1-3-7-16)26(33-21)22(29)17-8-4-5-9-18(17)23(26)30/h1-13,19-21H/t19-,20-,21+/m0/s1. The Bertz CT molecular complexity index is 1320. The second-order valence-corrected chi connectivity index (χ2v) is 8.38. The van der Waals surface area contributed by atoms with Gasteiger partial charge in [0.05, 0.1) is 23.6 Å². The molecule has 3 aromatic carbocycles. The predicted molar refractivity (Wildman–Crippen MR) is 114 cm³/mol. The molecule has 3 aromatic rings. The number of anilines is 1. The zero-order chi connectivity index (χ0) is 22.9. The van der Waals surface area contributed by atoms with Crippen LogP contribution in [-0.2, 0) is 14.3 Å². The summed E-state index contributed by atoms with van der Waals surface area (Å²) in [5.41, 5.74) is -1.04. The average molecular weight is 441 g/mol. The lowest BCUT2D eigenvalue weighted by Crippen LogP contribution is -2.51. The second kappa shape index (κ2) is 6.76. The number of ether oxygens (including phenoxy) is 1. The molecule has 0 saturated carbocycles. The highest BCUT2D eigenvalue weighted by atomic mass is 19.1. The van der Waals surface area contributed by atoms with E-state index in [1.54, 1.807) is 42.5 Å². The number of hydrogen-bond acceptors (Lipinski definition) is 5. The first-order valence-corrected chi connectivity index (χ1v) is 10.5. The Kier molecular flexibility index (Phi) is 4.04. The third-order valence-electron chi connectivity index (χ3n) is 6.73. The zero-order valence-corrected chi connectivity index (χ0v) is 17.1. The Balaban J connectivity index is 1.55. The van der Waals surface area contributed by atoms with Gasteiger partial charge in [0.25, 0.3) is 0 Å². The van der Waals surface area contributed by atoms with Gasteiger partial charge in [-0.3, -0.25) is 19.2 Å². The molecule has 33 heavy (non-hydrogen) atoms. The Morgan fingerprint density at radius 2 is 1.30 bits per heavy atom. The molecule has 3 atom stereocenters. The lowest BCUT2D eigenvalue weighted by molar-refractivity contribution is -0.127. The van der Waals surface area contributed by atoms with E-state index in [0.29, 0.717) is 11.3 Å². The molecule has 0 radical (unpaired) electrons. The summed E-state index contributed by atoms with van der Waals surface area (Å²) >= 11 is 0. The Morgan fingerprint density at radius 1 is 0.727 bits per heavy atom. The number of hydrogen-bond donors (Lipinski definition) is 0. The fraction of sp³-hybridized carbons (Fsp3) is 0.154. The first-order chi connectivity index (χ1) is 15.9. The second-order valence-electron chi connectivity index (χ2n) is 8.38. The van der Waals surface area contributed by atoms with Gasteiger partial charge in [0.1, 0.15) is 5.82 Å². The highest BCUT2D eigenvalue weighted by molar-refractivity contribution is 6.37. The van der Waals surface area contributed by atoms with Crippen LogP contribution in [0.2, 0.25) is 0 Å². The summed E-state index contributed by atoms with van der Waals surface area (Å²) in [6, 6.07) is 20.0. The molecule has 2 heterocycles. The molecule has 2 fully saturated rings. The molecule has 0 N–H and O–H groups in total. The normalized spacial score (nSPS) is 25.1. The van der Waals surface area contributed by atoms with Crippen molar-refractivity contribution < 1.29 is 28.3 Å². The molecule has 2 amide bonds. The molecule has 0 unspecified atom stereocenters. The summed E-state index contributed by atoms with van der Waals surface area (Å²) in [6.07, 6.45) is -1.07. The van der Waals surface area contributed by atoms with Crippen LogP contribution in [0.4, 0.5) is 10.1 Å². The van der Waals surface area contributed by atoms with Gasteiger partial charge in [-0.05, 0) is 29.8 Å². The highest BCUT2D eigenvalue weighted by Crippen LogP contribution is 2.57. The Morgan fingerprint density at radius 3 is 1.91 bits per heavy atom. The number of carbonyl (C=O) groups is 4. The summed E-state index contributed by atoms with van der Waals surface area (Å²) < 4.78 is 19.7. The van der Waals surface area contributed by atoms with Crippen LogP contribution in [0.5, 0.6) is 0 Å². The van der Waals surface area contributed by atoms with Crippen LogP contribution in [-0.4, -0.2) is 29.0 Å². The number of benzene rings is 3. The van der Waals surface area contributed by atoms with Crippen LogP contribution in [0.15, 0.2) is 78.9 Å². The topological polar surface area (TPSA) is 80.8 Å². The van der Waals surface area contributed by atoms with E-state index in [1.165, 1.54) is 36.4 Å². The van der Waals surface area contributed by atoms with Crippen LogP contribution in [0.1, 0.15) is 32.4 Å². The smallest absolute Gasteiger partial charge is 0.241 e. The van der Waals surface area contributed by atoms with Gasteiger partial charge in [0.15, 0.2) is 0 Å². The quantitative estimate of drug-likeness (QED) is 0.449. The highest BCUT2D eigenvalue weighted by Gasteiger charge is 2.74. The van der Waals surface area contributed by atoms with Crippen LogP contribution in [0.3, 0.4) is 0 Å². The van der Waals surface area contributed by atoms with Gasteiger partial charge < -0.3 is 4.74 Å². The van der Waals surface area contributed by atoms with E-state index >= 15 is 0 Å². The summed E-state index contributed by atoms with van der Waals surface area (Å²) in [5.74, 6) is -5.38. The number of rotatable bonds is 2. The Hall–Kier alpha value is -3.97. The van der Waals surface area contributed by atoms with Gasteiger partial charge >= 0.3 is 0 Å². The van der Waals surface area contributed by atoms with Crippen molar-refractivity contribution in [2.75, 3.05) is 4.90 Å². The molecule has 2 saturated heterocycles. The summed E-state index contributed by atoms with van der Waals surface area (Å²) in [7, 11) is 0. The number of halogens is 1. The largest absolute Gasteiger partial charge is 0.349 e. The zero-order valence-electron chi connectivity index (χ0n) is 17.1. The van der Waals surface area contributed by atoms with E-state index in [9.17, 15) is 23.6 Å². The maximum absolute atomic E-state index is 13.7. The maximum atomic E-state index is 13.7. The molecule has 1 aliphatic carbocycles. The van der Waals surface area contributed by atoms with Crippen LogP contribution < -0.4 is 4.90 Å². The van der Waals surface area contributed by atoms with E-state index in [0.717, 1.165) is 4.90 Å². The summed E-state index contributed by atoms with van der Waals surface area (Å²) in [5, 5.41) is 0. The third kappa shape index (κ3) is 2.45. The van der Waals surface area contributed by atoms with Crippen molar-refractivity contribution >= 4 is 29.1 Å². The van der Waals surface area contributed by atoms with Crippen molar-refractivity contribution in [3.63, 3.8) is 0 Å². The molecule has 2 aliphatic heterocycles. The maximum Gasteiger partial charge on any atom is 0.241 e. The van der Waals surface area contributed by atoms with E-state index in [4.69, 9.17) is 4.74 Å². The monoisotopic (exact) mass is 441 g/mol. The number of imide groups is 1. The van der Waals surface area contributed by atoms with Crippen molar-refractivity contribution in [3.8, 4) is 0 Å². The predicted octanol–water partition coefficient (Wildman–Crippen LogP) is 3.52. The van der Waals surface area contributed by atoms with E-state index in [1.807, 2.05) is 0 Å². The lowest BCUT2D eigenvalue weighted by Gasteiger charge is -2.27. The molecular formula is C26H16FNO5. The van der Waals surface area contributed by atoms with Gasteiger partial charge in [0, 0.05) is 11.1 Å². The number of Topliss-reactive ketones (excluding diaryl/α,β-unsaturated/α-hetero) is 2. The van der Waals surface area contributed by atoms with Crippen LogP contribution in [0.25, 0.3) is 0 Å². The van der Waals surface area contributed by atoms with Crippen LogP contribution >= 0.6 is 0 Å². The van der Waals surface area contributed by atoms with E-state index < -0.39 is 52.7 Å². The molecule has 7 heteroatoms. The molecule has 6 nitrogen and oxygen atoms in total. The van der Waals surface area contributed by atoms with E-state index in [-0.39, 0.29) is 11.1 Å². The first kappa shape index (κ1) is 19.7. The fourth-order valence-electron chi connectivity index (χ4n) is 5.30.